The van der Waals surface area contributed by atoms with Crippen LogP contribution in [0.2, 0.25) is 0 Å². The van der Waals surface area contributed by atoms with Crippen molar-refractivity contribution in [3.63, 3.8) is 0 Å². The highest BCUT2D eigenvalue weighted by Crippen LogP contribution is 2.42. The summed E-state index contributed by atoms with van der Waals surface area (Å²) in [7, 11) is 0. The Morgan fingerprint density at radius 1 is 1.17 bits per heavy atom. The molecule has 1 atom stereocenters. The molecular weight excluding hydrogens is 316 g/mol. The Morgan fingerprint density at radius 2 is 1.79 bits per heavy atom. The van der Waals surface area contributed by atoms with Crippen LogP contribution >= 0.6 is 0 Å². The maximum Gasteiger partial charge on any atom is 0.242 e. The third kappa shape index (κ3) is 3.50. The van der Waals surface area contributed by atoms with E-state index in [2.05, 4.69) is 0 Å². The largest absolute Gasteiger partial charge is 0.394 e. The molecule has 24 heavy (non-hydrogen) atoms. The fraction of sp³-hybridized carbons (Fsp3) is 0.733. The molecule has 0 aliphatic carbocycles. The predicted molar refractivity (Wildman–Crippen MR) is 83.1 cm³/mol. The van der Waals surface area contributed by atoms with E-state index in [1.807, 2.05) is 0 Å². The Hall–Kier alpha value is -2.16. The Balaban J connectivity index is 1.83. The Kier molecular flexibility index (Phi) is 5.43. The fourth-order valence-corrected chi connectivity index (χ4v) is 3.40. The average molecular weight is 340 g/mol. The molecule has 2 rings (SSSR count). The maximum absolute atomic E-state index is 12.4. The molecule has 0 aromatic heterocycles. The molecule has 0 bridgehead atoms. The third-order valence-corrected chi connectivity index (χ3v) is 4.95. The van der Waals surface area contributed by atoms with E-state index in [0.29, 0.717) is 38.9 Å². The zero-order valence-corrected chi connectivity index (χ0v) is 13.6. The van der Waals surface area contributed by atoms with Crippen molar-refractivity contribution >= 4 is 23.6 Å². The molecule has 0 aromatic rings. The molecule has 2 heterocycles. The minimum absolute atomic E-state index is 0.0416. The number of carbonyl (C=O) groups excluding carboxylic acids is 4. The number of β-lactam (4-membered cyclic amide) rings is 1. The van der Waals surface area contributed by atoms with Gasteiger partial charge in [0.2, 0.25) is 23.6 Å². The number of nitrogens with two attached hydrogens (primary N) is 2. The van der Waals surface area contributed by atoms with Crippen molar-refractivity contribution in [3.05, 3.63) is 0 Å². The van der Waals surface area contributed by atoms with Gasteiger partial charge in [-0.2, -0.15) is 0 Å². The van der Waals surface area contributed by atoms with Crippen LogP contribution in [0.1, 0.15) is 32.1 Å². The van der Waals surface area contributed by atoms with Crippen LogP contribution in [0.25, 0.3) is 0 Å². The SMILES string of the molecule is NC(=O)CCCC(=O)N1CCC2(CC1)CN([C@@H](CO)C(N)=O)C2=O. The summed E-state index contributed by atoms with van der Waals surface area (Å²) in [6.07, 6.45) is 1.94. The number of primary amides is 2. The molecular formula is C15H24N4O5. The van der Waals surface area contributed by atoms with E-state index in [4.69, 9.17) is 11.5 Å². The van der Waals surface area contributed by atoms with Gasteiger partial charge in [0.05, 0.1) is 12.0 Å². The van der Waals surface area contributed by atoms with Crippen LogP contribution in [0.15, 0.2) is 0 Å². The molecule has 9 nitrogen and oxygen atoms in total. The van der Waals surface area contributed by atoms with E-state index in [9.17, 15) is 24.3 Å². The monoisotopic (exact) mass is 340 g/mol. The molecule has 2 aliphatic heterocycles. The minimum atomic E-state index is -0.975. The maximum atomic E-state index is 12.4. The molecule has 134 valence electrons. The summed E-state index contributed by atoms with van der Waals surface area (Å²) < 4.78 is 0. The Bertz CT molecular complexity index is 542. The van der Waals surface area contributed by atoms with Gasteiger partial charge in [0.25, 0.3) is 0 Å². The molecule has 0 aromatic carbocycles. The molecule has 9 heteroatoms. The van der Waals surface area contributed by atoms with Crippen LogP contribution in [-0.2, 0) is 19.2 Å². The third-order valence-electron chi connectivity index (χ3n) is 4.95. The first-order chi connectivity index (χ1) is 11.3. The zero-order valence-electron chi connectivity index (χ0n) is 13.6. The van der Waals surface area contributed by atoms with E-state index < -0.39 is 29.9 Å². The molecule has 2 aliphatic rings. The summed E-state index contributed by atoms with van der Waals surface area (Å²) in [6, 6.07) is -0.975. The first-order valence-corrected chi connectivity index (χ1v) is 8.08. The molecule has 5 N–H and O–H groups in total. The van der Waals surface area contributed by atoms with Crippen molar-refractivity contribution in [1.82, 2.24) is 9.80 Å². The van der Waals surface area contributed by atoms with Crippen LogP contribution in [-0.4, -0.2) is 70.8 Å². The van der Waals surface area contributed by atoms with E-state index in [-0.39, 0.29) is 24.7 Å². The van der Waals surface area contributed by atoms with Crippen LogP contribution in [0.5, 0.6) is 0 Å². The smallest absolute Gasteiger partial charge is 0.242 e. The van der Waals surface area contributed by atoms with Gasteiger partial charge in [-0.25, -0.2) is 0 Å². The average Bonchev–Trinajstić information content (AvgIpc) is 2.54. The lowest BCUT2D eigenvalue weighted by molar-refractivity contribution is -0.174. The van der Waals surface area contributed by atoms with Gasteiger partial charge in [-0.05, 0) is 19.3 Å². The predicted octanol–water partition coefficient (Wildman–Crippen LogP) is -2.06. The first kappa shape index (κ1) is 18.2. The number of carbonyl (C=O) groups is 4. The number of amides is 4. The van der Waals surface area contributed by atoms with Crippen LogP contribution in [0, 0.1) is 5.41 Å². The summed E-state index contributed by atoms with van der Waals surface area (Å²) in [6.45, 7) is 0.829. The van der Waals surface area contributed by atoms with Gasteiger partial charge in [-0.15, -0.1) is 0 Å². The number of hydrogen-bond donors (Lipinski definition) is 3. The quantitative estimate of drug-likeness (QED) is 0.456. The summed E-state index contributed by atoms with van der Waals surface area (Å²) in [5, 5.41) is 9.19. The number of likely N-dealkylation sites (tertiary alicyclic amines) is 2. The lowest BCUT2D eigenvalue weighted by Gasteiger charge is -2.54. The van der Waals surface area contributed by atoms with Gasteiger partial charge in [0.15, 0.2) is 0 Å². The van der Waals surface area contributed by atoms with Crippen molar-refractivity contribution in [2.75, 3.05) is 26.2 Å². The molecule has 2 saturated heterocycles. The van der Waals surface area contributed by atoms with Gasteiger partial charge < -0.3 is 26.4 Å². The highest BCUT2D eigenvalue weighted by Gasteiger charge is 2.55. The molecule has 2 fully saturated rings. The summed E-state index contributed by atoms with van der Waals surface area (Å²) in [5.41, 5.74) is 9.69. The lowest BCUT2D eigenvalue weighted by atomic mass is 9.70. The molecule has 0 unspecified atom stereocenters. The summed E-state index contributed by atoms with van der Waals surface area (Å²) in [4.78, 5) is 49.4. The highest BCUT2D eigenvalue weighted by atomic mass is 16.3. The fourth-order valence-electron chi connectivity index (χ4n) is 3.40. The Morgan fingerprint density at radius 3 is 2.25 bits per heavy atom. The normalized spacial score (nSPS) is 20.6. The molecule has 1 spiro atoms. The van der Waals surface area contributed by atoms with Crippen molar-refractivity contribution in [2.45, 2.75) is 38.1 Å². The van der Waals surface area contributed by atoms with Gasteiger partial charge in [0.1, 0.15) is 6.04 Å². The summed E-state index contributed by atoms with van der Waals surface area (Å²) in [5.74, 6) is -1.36. The van der Waals surface area contributed by atoms with Gasteiger partial charge in [-0.3, -0.25) is 19.2 Å². The van der Waals surface area contributed by atoms with Crippen LogP contribution < -0.4 is 11.5 Å². The topological polar surface area (TPSA) is 147 Å². The second-order valence-electron chi connectivity index (χ2n) is 6.51. The molecule has 4 amide bonds. The van der Waals surface area contributed by atoms with E-state index in [1.165, 1.54) is 4.90 Å². The second-order valence-corrected chi connectivity index (χ2v) is 6.51. The number of aliphatic hydroxyl groups is 1. The standard InChI is InChI=1S/C15H24N4O5/c16-11(21)2-1-3-12(22)18-6-4-15(5-7-18)9-19(14(15)24)10(8-20)13(17)23/h10,20H,1-9H2,(H2,16,21)(H2,17,23)/t10-/m0/s1. The van der Waals surface area contributed by atoms with Crippen molar-refractivity contribution in [1.29, 1.82) is 0 Å². The van der Waals surface area contributed by atoms with Gasteiger partial charge in [-0.1, -0.05) is 0 Å². The number of rotatable bonds is 7. The van der Waals surface area contributed by atoms with E-state index >= 15 is 0 Å². The summed E-state index contributed by atoms with van der Waals surface area (Å²) >= 11 is 0. The lowest BCUT2D eigenvalue weighted by Crippen LogP contribution is -2.69. The highest BCUT2D eigenvalue weighted by molar-refractivity contribution is 5.94. The number of aliphatic hydroxyl groups excluding tert-OH is 1. The van der Waals surface area contributed by atoms with Crippen LogP contribution in [0.4, 0.5) is 0 Å². The molecule has 0 radical (unpaired) electrons. The first-order valence-electron chi connectivity index (χ1n) is 8.08. The Labute approximate surface area is 139 Å². The van der Waals surface area contributed by atoms with Gasteiger partial charge in [0, 0.05) is 32.5 Å². The van der Waals surface area contributed by atoms with Crippen molar-refractivity contribution in [2.24, 2.45) is 16.9 Å². The zero-order chi connectivity index (χ0) is 17.9. The number of nitrogens with zero attached hydrogens (tertiary/aromatic N) is 2. The van der Waals surface area contributed by atoms with E-state index in [1.54, 1.807) is 4.90 Å². The van der Waals surface area contributed by atoms with Crippen molar-refractivity contribution in [3.8, 4) is 0 Å². The van der Waals surface area contributed by atoms with Crippen molar-refractivity contribution < 1.29 is 24.3 Å². The van der Waals surface area contributed by atoms with E-state index in [0.717, 1.165) is 0 Å². The minimum Gasteiger partial charge on any atom is -0.394 e. The van der Waals surface area contributed by atoms with Gasteiger partial charge >= 0.3 is 0 Å². The molecule has 0 saturated carbocycles. The number of hydrogen-bond acceptors (Lipinski definition) is 5. The van der Waals surface area contributed by atoms with Crippen LogP contribution in [0.3, 0.4) is 0 Å². The second kappa shape index (κ2) is 7.16. The number of piperidine rings is 1.